The molecule has 74 valence electrons. The van der Waals surface area contributed by atoms with Crippen LogP contribution in [-0.4, -0.2) is 19.6 Å². The lowest BCUT2D eigenvalue weighted by Gasteiger charge is -2.34. The maximum absolute atomic E-state index is 8.42. The third-order valence-electron chi connectivity index (χ3n) is 3.13. The van der Waals surface area contributed by atoms with E-state index in [1.165, 1.54) is 32.5 Å². The van der Waals surface area contributed by atoms with E-state index in [1.54, 1.807) is 4.90 Å². The SMILES string of the molecule is CC1(C)CC[NH+](CCCC#N)CC1. The Labute approximate surface area is 81.5 Å². The Morgan fingerprint density at radius 3 is 2.46 bits per heavy atom. The first-order valence-electron chi connectivity index (χ1n) is 5.34. The van der Waals surface area contributed by atoms with E-state index < -0.39 is 0 Å². The van der Waals surface area contributed by atoms with Gasteiger partial charge in [-0.2, -0.15) is 5.26 Å². The summed E-state index contributed by atoms with van der Waals surface area (Å²) in [5.74, 6) is 0. The monoisotopic (exact) mass is 181 g/mol. The van der Waals surface area contributed by atoms with Crippen molar-refractivity contribution in [1.82, 2.24) is 0 Å². The van der Waals surface area contributed by atoms with Gasteiger partial charge in [-0.1, -0.05) is 13.8 Å². The number of nitriles is 1. The molecule has 0 bridgehead atoms. The minimum atomic E-state index is 0.568. The Hall–Kier alpha value is -0.550. The van der Waals surface area contributed by atoms with Crippen molar-refractivity contribution >= 4 is 0 Å². The van der Waals surface area contributed by atoms with Gasteiger partial charge in [-0.05, 0) is 5.41 Å². The molecule has 1 saturated heterocycles. The van der Waals surface area contributed by atoms with Crippen LogP contribution in [0.3, 0.4) is 0 Å². The van der Waals surface area contributed by atoms with Gasteiger partial charge in [0.25, 0.3) is 0 Å². The van der Waals surface area contributed by atoms with Crippen LogP contribution in [0, 0.1) is 16.7 Å². The second-order valence-corrected chi connectivity index (χ2v) is 4.93. The lowest BCUT2D eigenvalue weighted by Crippen LogP contribution is -3.13. The summed E-state index contributed by atoms with van der Waals surface area (Å²) in [5, 5.41) is 8.42. The van der Waals surface area contributed by atoms with Crippen LogP contribution in [0.15, 0.2) is 0 Å². The van der Waals surface area contributed by atoms with Crippen molar-refractivity contribution in [2.75, 3.05) is 19.6 Å². The zero-order valence-electron chi connectivity index (χ0n) is 8.90. The van der Waals surface area contributed by atoms with Crippen LogP contribution < -0.4 is 4.90 Å². The third-order valence-corrected chi connectivity index (χ3v) is 3.13. The number of nitrogens with zero attached hydrogens (tertiary/aromatic N) is 1. The highest BCUT2D eigenvalue weighted by Crippen LogP contribution is 2.24. The molecule has 1 aliphatic rings. The van der Waals surface area contributed by atoms with Gasteiger partial charge in [0.15, 0.2) is 0 Å². The predicted molar refractivity (Wildman–Crippen MR) is 53.4 cm³/mol. The summed E-state index contributed by atoms with van der Waals surface area (Å²) in [6.45, 7) is 8.53. The summed E-state index contributed by atoms with van der Waals surface area (Å²) in [4.78, 5) is 1.70. The number of unbranched alkanes of at least 4 members (excludes halogenated alkanes) is 1. The second-order valence-electron chi connectivity index (χ2n) is 4.93. The Morgan fingerprint density at radius 2 is 1.92 bits per heavy atom. The van der Waals surface area contributed by atoms with Gasteiger partial charge in [-0.3, -0.25) is 0 Å². The normalized spacial score (nSPS) is 22.5. The molecule has 2 nitrogen and oxygen atoms in total. The van der Waals surface area contributed by atoms with Crippen molar-refractivity contribution in [3.05, 3.63) is 0 Å². The summed E-state index contributed by atoms with van der Waals surface area (Å²) in [6.07, 6.45) is 4.49. The molecule has 0 amide bonds. The molecule has 0 aromatic heterocycles. The number of nitrogens with one attached hydrogen (secondary N) is 1. The average molecular weight is 181 g/mol. The van der Waals surface area contributed by atoms with E-state index in [-0.39, 0.29) is 0 Å². The fourth-order valence-corrected chi connectivity index (χ4v) is 1.95. The maximum atomic E-state index is 8.42. The largest absolute Gasteiger partial charge is 0.335 e. The van der Waals surface area contributed by atoms with E-state index in [9.17, 15) is 0 Å². The molecule has 0 unspecified atom stereocenters. The first-order valence-corrected chi connectivity index (χ1v) is 5.34. The highest BCUT2D eigenvalue weighted by Gasteiger charge is 2.27. The minimum absolute atomic E-state index is 0.568. The molecule has 0 atom stereocenters. The van der Waals surface area contributed by atoms with E-state index in [4.69, 9.17) is 5.26 Å². The molecule has 1 rings (SSSR count). The quantitative estimate of drug-likeness (QED) is 0.646. The number of quaternary nitrogens is 1. The van der Waals surface area contributed by atoms with Crippen molar-refractivity contribution in [2.45, 2.75) is 39.5 Å². The van der Waals surface area contributed by atoms with E-state index >= 15 is 0 Å². The zero-order chi connectivity index (χ0) is 9.73. The highest BCUT2D eigenvalue weighted by molar-refractivity contribution is 4.71. The molecular weight excluding hydrogens is 160 g/mol. The van der Waals surface area contributed by atoms with Gasteiger partial charge in [-0.25, -0.2) is 0 Å². The lowest BCUT2D eigenvalue weighted by atomic mass is 9.83. The fraction of sp³-hybridized carbons (Fsp3) is 0.909. The summed E-state index contributed by atoms with van der Waals surface area (Å²) >= 11 is 0. The van der Waals surface area contributed by atoms with Crippen LogP contribution in [0.4, 0.5) is 0 Å². The van der Waals surface area contributed by atoms with Gasteiger partial charge in [0.2, 0.25) is 0 Å². The Balaban J connectivity index is 2.15. The maximum Gasteiger partial charge on any atom is 0.0780 e. The molecule has 1 fully saturated rings. The molecule has 13 heavy (non-hydrogen) atoms. The van der Waals surface area contributed by atoms with Gasteiger partial charge in [0.05, 0.1) is 25.7 Å². The summed E-state index contributed by atoms with van der Waals surface area (Å²) in [7, 11) is 0. The van der Waals surface area contributed by atoms with Gasteiger partial charge in [0.1, 0.15) is 0 Å². The van der Waals surface area contributed by atoms with Crippen molar-refractivity contribution < 1.29 is 4.90 Å². The van der Waals surface area contributed by atoms with E-state index in [1.807, 2.05) is 0 Å². The molecule has 0 aromatic rings. The molecule has 2 heteroatoms. The van der Waals surface area contributed by atoms with Crippen molar-refractivity contribution in [3.8, 4) is 6.07 Å². The predicted octanol–water partition coefficient (Wildman–Crippen LogP) is 0.995. The van der Waals surface area contributed by atoms with Crippen molar-refractivity contribution in [2.24, 2.45) is 5.41 Å². The molecule has 0 aromatic carbocycles. The first kappa shape index (κ1) is 10.5. The topological polar surface area (TPSA) is 28.2 Å². The van der Waals surface area contributed by atoms with Crippen LogP contribution >= 0.6 is 0 Å². The van der Waals surface area contributed by atoms with Gasteiger partial charge in [-0.15, -0.1) is 0 Å². The molecule has 0 aliphatic carbocycles. The number of likely N-dealkylation sites (tertiary alicyclic amines) is 1. The molecule has 1 N–H and O–H groups in total. The molecule has 1 heterocycles. The Kier molecular flexibility index (Phi) is 3.74. The third kappa shape index (κ3) is 3.78. The van der Waals surface area contributed by atoms with E-state index in [0.29, 0.717) is 5.41 Å². The van der Waals surface area contributed by atoms with Crippen LogP contribution in [0.5, 0.6) is 0 Å². The van der Waals surface area contributed by atoms with E-state index in [0.717, 1.165) is 12.8 Å². The standard InChI is InChI=1S/C11H20N2/c1-11(2)5-9-13(10-6-11)8-4-3-7-12/h3-6,8-10H2,1-2H3/p+1. The molecule has 1 aliphatic heterocycles. The highest BCUT2D eigenvalue weighted by atomic mass is 15.1. The van der Waals surface area contributed by atoms with E-state index in [2.05, 4.69) is 19.9 Å². The Morgan fingerprint density at radius 1 is 1.31 bits per heavy atom. The number of hydrogen-bond acceptors (Lipinski definition) is 1. The van der Waals surface area contributed by atoms with Crippen LogP contribution in [0.25, 0.3) is 0 Å². The molecule has 0 radical (unpaired) electrons. The van der Waals surface area contributed by atoms with Crippen LogP contribution in [-0.2, 0) is 0 Å². The first-order chi connectivity index (χ1) is 6.14. The molecule has 0 spiro atoms. The van der Waals surface area contributed by atoms with Crippen LogP contribution in [0.2, 0.25) is 0 Å². The smallest absolute Gasteiger partial charge is 0.0780 e. The zero-order valence-corrected chi connectivity index (χ0v) is 8.90. The van der Waals surface area contributed by atoms with Crippen LogP contribution in [0.1, 0.15) is 39.5 Å². The van der Waals surface area contributed by atoms with Gasteiger partial charge >= 0.3 is 0 Å². The average Bonchev–Trinajstić information content (AvgIpc) is 2.08. The summed E-state index contributed by atoms with van der Waals surface area (Å²) in [5.41, 5.74) is 0.568. The van der Waals surface area contributed by atoms with Crippen molar-refractivity contribution in [1.29, 1.82) is 5.26 Å². The number of rotatable bonds is 3. The Bertz CT molecular complexity index is 181. The summed E-state index contributed by atoms with van der Waals surface area (Å²) in [6, 6.07) is 2.21. The lowest BCUT2D eigenvalue weighted by molar-refractivity contribution is -0.907. The number of piperidine rings is 1. The summed E-state index contributed by atoms with van der Waals surface area (Å²) < 4.78 is 0. The molecular formula is C11H21N2+. The fourth-order valence-electron chi connectivity index (χ4n) is 1.95. The second kappa shape index (κ2) is 4.62. The minimum Gasteiger partial charge on any atom is -0.335 e. The van der Waals surface area contributed by atoms with Gasteiger partial charge < -0.3 is 4.90 Å². The van der Waals surface area contributed by atoms with Crippen molar-refractivity contribution in [3.63, 3.8) is 0 Å². The number of hydrogen-bond donors (Lipinski definition) is 1. The van der Waals surface area contributed by atoms with Gasteiger partial charge in [0, 0.05) is 25.7 Å². The molecule has 0 saturated carbocycles.